The summed E-state index contributed by atoms with van der Waals surface area (Å²) in [7, 11) is 0. The summed E-state index contributed by atoms with van der Waals surface area (Å²) in [6, 6.07) is 8.16. The van der Waals surface area contributed by atoms with Crippen LogP contribution in [0.4, 0.5) is 0 Å². The van der Waals surface area contributed by atoms with Crippen LogP contribution in [0, 0.1) is 14.1 Å². The Morgan fingerprint density at radius 3 is 2.30 bits per heavy atom. The molecule has 0 saturated heterocycles. The second-order valence-electron chi connectivity index (χ2n) is 1.88. The van der Waals surface area contributed by atoms with Crippen molar-refractivity contribution in [3.05, 3.63) is 33.4 Å². The zero-order valence-corrected chi connectivity index (χ0v) is 7.84. The molecule has 0 aliphatic carbocycles. The third-order valence-electron chi connectivity index (χ3n) is 1.11. The van der Waals surface area contributed by atoms with E-state index in [1.807, 2.05) is 29.8 Å². The van der Waals surface area contributed by atoms with Gasteiger partial charge in [-0.05, 0) is 0 Å². The van der Waals surface area contributed by atoms with Gasteiger partial charge in [-0.1, -0.05) is 0 Å². The van der Waals surface area contributed by atoms with Gasteiger partial charge in [-0.15, -0.1) is 0 Å². The summed E-state index contributed by atoms with van der Waals surface area (Å²) in [5, 5.41) is 0. The molecule has 0 aliphatic rings. The van der Waals surface area contributed by atoms with Crippen LogP contribution in [0.2, 0.25) is 0 Å². The summed E-state index contributed by atoms with van der Waals surface area (Å²) >= 11 is 4.12. The molecule has 0 amide bonds. The van der Waals surface area contributed by atoms with E-state index in [0.717, 1.165) is 5.56 Å². The Hall–Kier alpha value is 0.107. The molecule has 0 nitrogen and oxygen atoms in total. The zero-order chi connectivity index (χ0) is 7.40. The van der Waals surface area contributed by atoms with Crippen molar-refractivity contribution in [3.63, 3.8) is 0 Å². The number of rotatable bonds is 0. The average Bonchev–Trinajstić information content (AvgIpc) is 1.95. The van der Waals surface area contributed by atoms with Gasteiger partial charge in [-0.2, -0.15) is 0 Å². The Balaban J connectivity index is 2.97. The molecular weight excluding hydrogens is 230 g/mol. The molecule has 1 aromatic carbocycles. The molecule has 0 bridgehead atoms. The maximum atomic E-state index is 2.98. The molecule has 1 rings (SSSR count). The molecule has 0 saturated carbocycles. The van der Waals surface area contributed by atoms with E-state index in [1.165, 1.54) is 3.57 Å². The molecule has 2 heteroatoms. The quantitative estimate of drug-likeness (QED) is 0.364. The fraction of sp³-hybridized carbons (Fsp3) is 0. The van der Waals surface area contributed by atoms with Gasteiger partial charge in [0.1, 0.15) is 0 Å². The normalized spacial score (nSPS) is 8.30. The molecule has 0 heterocycles. The fourth-order valence-corrected chi connectivity index (χ4v) is 1.04. The molecule has 0 unspecified atom stereocenters. The van der Waals surface area contributed by atoms with E-state index in [1.54, 1.807) is 0 Å². The van der Waals surface area contributed by atoms with E-state index in [-0.39, 0.29) is 0 Å². The molecule has 0 aromatic heterocycles. The molecular formula is C8H4ILi. The van der Waals surface area contributed by atoms with Crippen molar-refractivity contribution >= 4 is 40.3 Å². The number of hydrogen-bond acceptors (Lipinski definition) is 0. The van der Waals surface area contributed by atoms with Crippen molar-refractivity contribution in [1.29, 1.82) is 0 Å². The Bertz CT molecular complexity index is 266. The fourth-order valence-electron chi connectivity index (χ4n) is 0.678. The van der Waals surface area contributed by atoms with Gasteiger partial charge < -0.3 is 0 Å². The molecule has 44 valence electrons. The topological polar surface area (TPSA) is 0 Å². The van der Waals surface area contributed by atoms with E-state index in [9.17, 15) is 0 Å². The van der Waals surface area contributed by atoms with Gasteiger partial charge in [0.05, 0.1) is 0 Å². The third kappa shape index (κ3) is 2.38. The summed E-state index contributed by atoms with van der Waals surface area (Å²) in [4.78, 5) is 0. The van der Waals surface area contributed by atoms with E-state index < -0.39 is 0 Å². The van der Waals surface area contributed by atoms with E-state index >= 15 is 0 Å². The first-order chi connectivity index (χ1) is 4.83. The minimum atomic E-state index is 1.09. The van der Waals surface area contributed by atoms with Crippen LogP contribution in [-0.2, 0) is 0 Å². The van der Waals surface area contributed by atoms with Crippen LogP contribution >= 0.6 is 22.6 Å². The Morgan fingerprint density at radius 2 is 1.80 bits per heavy atom. The third-order valence-corrected chi connectivity index (χ3v) is 1.83. The average molecular weight is 234 g/mol. The van der Waals surface area contributed by atoms with Crippen molar-refractivity contribution in [1.82, 2.24) is 0 Å². The van der Waals surface area contributed by atoms with Gasteiger partial charge in [0.2, 0.25) is 0 Å². The minimum absolute atomic E-state index is 1.09. The Morgan fingerprint density at radius 1 is 1.20 bits per heavy atom. The van der Waals surface area contributed by atoms with Gasteiger partial charge >= 0.3 is 84.2 Å². The van der Waals surface area contributed by atoms with Crippen LogP contribution in [0.25, 0.3) is 0 Å². The van der Waals surface area contributed by atoms with Crippen LogP contribution in [0.5, 0.6) is 0 Å². The Kier molecular flexibility index (Phi) is 3.35. The molecule has 0 atom stereocenters. The first kappa shape index (κ1) is 8.21. The zero-order valence-electron chi connectivity index (χ0n) is 5.69. The number of halogens is 1. The SMILES string of the molecule is [Li][C]#Cc1ccc(I)cc1. The van der Waals surface area contributed by atoms with Crippen molar-refractivity contribution in [2.24, 2.45) is 0 Å². The van der Waals surface area contributed by atoms with Crippen molar-refractivity contribution < 1.29 is 0 Å². The van der Waals surface area contributed by atoms with Gasteiger partial charge in [0, 0.05) is 0 Å². The first-order valence-electron chi connectivity index (χ1n) is 3.01. The predicted molar refractivity (Wildman–Crippen MR) is 51.8 cm³/mol. The van der Waals surface area contributed by atoms with Crippen molar-refractivity contribution in [3.8, 4) is 10.5 Å². The summed E-state index contributed by atoms with van der Waals surface area (Å²) in [5.41, 5.74) is 1.09. The van der Waals surface area contributed by atoms with E-state index in [2.05, 4.69) is 45.2 Å². The Labute approximate surface area is 83.7 Å². The molecule has 0 radical (unpaired) electrons. The van der Waals surface area contributed by atoms with Crippen molar-refractivity contribution in [2.75, 3.05) is 0 Å². The van der Waals surface area contributed by atoms with E-state index in [0.29, 0.717) is 0 Å². The van der Waals surface area contributed by atoms with Crippen molar-refractivity contribution in [2.45, 2.75) is 0 Å². The molecule has 0 aliphatic heterocycles. The summed E-state index contributed by atoms with van der Waals surface area (Å²) < 4.78 is 4.10. The molecule has 0 spiro atoms. The van der Waals surface area contributed by atoms with Gasteiger partial charge in [0.15, 0.2) is 0 Å². The van der Waals surface area contributed by atoms with Gasteiger partial charge in [-0.3, -0.25) is 0 Å². The first-order valence-corrected chi connectivity index (χ1v) is 4.09. The van der Waals surface area contributed by atoms with E-state index in [4.69, 9.17) is 0 Å². The number of hydrogen-bond donors (Lipinski definition) is 0. The molecule has 10 heavy (non-hydrogen) atoms. The maximum absolute atomic E-state index is 2.98. The van der Waals surface area contributed by atoms with Crippen LogP contribution in [-0.4, -0.2) is 17.7 Å². The summed E-state index contributed by atoms with van der Waals surface area (Å²) in [6.45, 7) is 0. The van der Waals surface area contributed by atoms with Crippen LogP contribution in [0.1, 0.15) is 5.56 Å². The summed E-state index contributed by atoms with van der Waals surface area (Å²) in [5.74, 6) is 2.98. The van der Waals surface area contributed by atoms with Crippen LogP contribution < -0.4 is 0 Å². The number of benzene rings is 1. The standard InChI is InChI=1S/C8H4I.Li/c1-2-7-3-5-8(9)6-4-7;/h3-6H;. The van der Waals surface area contributed by atoms with Crippen LogP contribution in [0.3, 0.4) is 0 Å². The van der Waals surface area contributed by atoms with Gasteiger partial charge in [-0.25, -0.2) is 0 Å². The monoisotopic (exact) mass is 234 g/mol. The predicted octanol–water partition coefficient (Wildman–Crippen LogP) is 1.77. The molecule has 0 fully saturated rings. The van der Waals surface area contributed by atoms with Gasteiger partial charge in [0.25, 0.3) is 0 Å². The molecule has 0 N–H and O–H groups in total. The second kappa shape index (κ2) is 4.08. The molecule has 1 aromatic rings. The summed E-state index contributed by atoms with van der Waals surface area (Å²) in [6.07, 6.45) is 0. The van der Waals surface area contributed by atoms with Crippen LogP contribution in [0.15, 0.2) is 24.3 Å². The second-order valence-corrected chi connectivity index (χ2v) is 3.13.